The second-order valence-electron chi connectivity index (χ2n) is 13.0. The lowest BCUT2D eigenvalue weighted by Crippen LogP contribution is -1.95. The summed E-state index contributed by atoms with van der Waals surface area (Å²) in [7, 11) is 0. The average molecular weight is 703 g/mol. The molecule has 2 aliphatic rings. The van der Waals surface area contributed by atoms with Gasteiger partial charge in [0.05, 0.1) is 33.9 Å². The molecular weight excluding hydrogens is 673 g/mol. The highest BCUT2D eigenvalue weighted by Gasteiger charge is 2.19. The number of rotatable bonds is 6. The summed E-state index contributed by atoms with van der Waals surface area (Å²) in [5, 5.41) is 19.3. The fraction of sp³-hybridized carbons (Fsp3) is 0. The van der Waals surface area contributed by atoms with Gasteiger partial charge in [-0.25, -0.2) is 19.6 Å². The molecule has 8 nitrogen and oxygen atoms in total. The molecule has 4 aromatic carbocycles. The van der Waals surface area contributed by atoms with Crippen LogP contribution < -0.4 is 0 Å². The van der Waals surface area contributed by atoms with Crippen LogP contribution in [0, 0.1) is 0 Å². The monoisotopic (exact) mass is 702 g/mol. The molecule has 3 aromatic heterocycles. The van der Waals surface area contributed by atoms with Gasteiger partial charge in [0.2, 0.25) is 0 Å². The van der Waals surface area contributed by atoms with Gasteiger partial charge in [-0.05, 0) is 95.1 Å². The number of H-pyrrole nitrogens is 2. The number of nitrogens with zero attached hydrogens (tertiary/aromatic N) is 2. The summed E-state index contributed by atoms with van der Waals surface area (Å²) in [6, 6.07) is 42.0. The van der Waals surface area contributed by atoms with E-state index >= 15 is 0 Å². The lowest BCUT2D eigenvalue weighted by Gasteiger charge is -2.07. The first-order valence-corrected chi connectivity index (χ1v) is 17.4. The number of benzene rings is 4. The zero-order chi connectivity index (χ0) is 36.8. The van der Waals surface area contributed by atoms with Gasteiger partial charge < -0.3 is 20.2 Å². The molecular formula is C46H30N4O4. The Morgan fingerprint density at radius 2 is 0.648 bits per heavy atom. The van der Waals surface area contributed by atoms with Crippen molar-refractivity contribution in [1.29, 1.82) is 0 Å². The van der Waals surface area contributed by atoms with E-state index < -0.39 is 11.9 Å². The van der Waals surface area contributed by atoms with Crippen molar-refractivity contribution >= 4 is 58.3 Å². The number of aromatic amines is 2. The highest BCUT2D eigenvalue weighted by atomic mass is 16.4. The number of nitrogens with one attached hydrogen (secondary N) is 2. The molecule has 0 saturated heterocycles. The first-order valence-electron chi connectivity index (χ1n) is 17.4. The largest absolute Gasteiger partial charge is 0.478 e. The topological polar surface area (TPSA) is 132 Å². The fourth-order valence-electron chi connectivity index (χ4n) is 7.19. The maximum atomic E-state index is 11.8. The molecule has 0 unspecified atom stereocenters. The van der Waals surface area contributed by atoms with Crippen molar-refractivity contribution in [2.75, 3.05) is 0 Å². The minimum atomic E-state index is -0.991. The molecule has 8 heteroatoms. The van der Waals surface area contributed by atoms with Crippen molar-refractivity contribution in [3.8, 4) is 44.5 Å². The predicted octanol–water partition coefficient (Wildman–Crippen LogP) is 10.7. The van der Waals surface area contributed by atoms with Crippen LogP contribution in [-0.4, -0.2) is 42.1 Å². The third-order valence-electron chi connectivity index (χ3n) is 9.72. The van der Waals surface area contributed by atoms with Crippen LogP contribution in [0.4, 0.5) is 0 Å². The molecule has 0 fully saturated rings. The predicted molar refractivity (Wildman–Crippen MR) is 215 cm³/mol. The van der Waals surface area contributed by atoms with Gasteiger partial charge >= 0.3 is 11.9 Å². The molecule has 7 aromatic rings. The summed E-state index contributed by atoms with van der Waals surface area (Å²) < 4.78 is 0. The first-order chi connectivity index (χ1) is 26.4. The molecule has 5 heterocycles. The van der Waals surface area contributed by atoms with Gasteiger partial charge in [-0.15, -0.1) is 0 Å². The average Bonchev–Trinajstić information content (AvgIpc) is 4.04. The van der Waals surface area contributed by atoms with E-state index in [0.717, 1.165) is 89.4 Å². The third kappa shape index (κ3) is 5.78. The standard InChI is InChI=1S/C46H30N4O4/c51-45(52)31-15-11-29(12-16-31)43-37-23-19-33(47-37)41(27-7-3-1-4-8-27)34-20-24-38(48-34)44(30-13-17-32(18-14-30)46(53)54)40-26-22-36(50-40)42(28-9-5-2-6-10-28)35-21-25-39(43)49-35/h1-26,47,50H,(H,51,52)(H,53,54). The van der Waals surface area contributed by atoms with Crippen molar-refractivity contribution in [2.45, 2.75) is 0 Å². The second-order valence-corrected chi connectivity index (χ2v) is 13.0. The van der Waals surface area contributed by atoms with Crippen molar-refractivity contribution in [1.82, 2.24) is 19.9 Å². The quantitative estimate of drug-likeness (QED) is 0.136. The Hall–Kier alpha value is -7.58. The Balaban J connectivity index is 1.44. The zero-order valence-electron chi connectivity index (χ0n) is 28.6. The summed E-state index contributed by atoms with van der Waals surface area (Å²) in [6.07, 6.45) is 8.00. The van der Waals surface area contributed by atoms with E-state index in [-0.39, 0.29) is 11.1 Å². The molecule has 0 amide bonds. The minimum Gasteiger partial charge on any atom is -0.478 e. The van der Waals surface area contributed by atoms with Crippen LogP contribution in [0.25, 0.3) is 90.9 Å². The number of aromatic carboxylic acids is 2. The van der Waals surface area contributed by atoms with Gasteiger partial charge in [0.1, 0.15) is 0 Å². The van der Waals surface area contributed by atoms with Crippen LogP contribution in [0.15, 0.2) is 133 Å². The molecule has 0 atom stereocenters. The number of carboxylic acid groups (broad SMARTS) is 2. The minimum absolute atomic E-state index is 0.199. The third-order valence-corrected chi connectivity index (χ3v) is 9.72. The molecule has 0 saturated carbocycles. The summed E-state index contributed by atoms with van der Waals surface area (Å²) >= 11 is 0. The van der Waals surface area contributed by atoms with E-state index in [1.807, 2.05) is 109 Å². The molecule has 2 aliphatic heterocycles. The van der Waals surface area contributed by atoms with Crippen LogP contribution in [0.5, 0.6) is 0 Å². The van der Waals surface area contributed by atoms with Gasteiger partial charge in [0, 0.05) is 44.3 Å². The molecule has 54 heavy (non-hydrogen) atoms. The Bertz CT molecular complexity index is 2650. The normalized spacial score (nSPS) is 11.9. The lowest BCUT2D eigenvalue weighted by atomic mass is 10.0. The summed E-state index contributed by atoms with van der Waals surface area (Å²) in [5.41, 5.74) is 13.6. The van der Waals surface area contributed by atoms with E-state index in [1.165, 1.54) is 0 Å². The Morgan fingerprint density at radius 1 is 0.370 bits per heavy atom. The Labute approximate surface area is 309 Å². The number of carboxylic acids is 2. The summed E-state index contributed by atoms with van der Waals surface area (Å²) in [4.78, 5) is 41.4. The van der Waals surface area contributed by atoms with Crippen LogP contribution in [0.3, 0.4) is 0 Å². The summed E-state index contributed by atoms with van der Waals surface area (Å²) in [6.45, 7) is 0. The van der Waals surface area contributed by atoms with E-state index in [2.05, 4.69) is 34.2 Å². The SMILES string of the molecule is O=C(O)c1ccc(-c2c3nc(c(-c4ccccc4)c4ccc([nH]4)c(-c4ccc(C(=O)O)cc4)c4nc(c(-c5ccccc5)c5ccc2[nH]5)C=C4)C=C3)cc1. The van der Waals surface area contributed by atoms with Crippen LogP contribution >= 0.6 is 0 Å². The maximum Gasteiger partial charge on any atom is 0.335 e. The lowest BCUT2D eigenvalue weighted by molar-refractivity contribution is 0.0686. The molecule has 258 valence electrons. The van der Waals surface area contributed by atoms with Crippen molar-refractivity contribution in [3.63, 3.8) is 0 Å². The van der Waals surface area contributed by atoms with E-state index in [4.69, 9.17) is 9.97 Å². The van der Waals surface area contributed by atoms with Crippen LogP contribution in [0.1, 0.15) is 43.5 Å². The first kappa shape index (κ1) is 32.3. The zero-order valence-corrected chi connectivity index (χ0v) is 28.6. The molecule has 0 spiro atoms. The fourth-order valence-corrected chi connectivity index (χ4v) is 7.19. The smallest absolute Gasteiger partial charge is 0.335 e. The highest BCUT2D eigenvalue weighted by molar-refractivity contribution is 6.00. The van der Waals surface area contributed by atoms with Gasteiger partial charge in [-0.1, -0.05) is 84.9 Å². The Morgan fingerprint density at radius 3 is 0.926 bits per heavy atom. The number of fused-ring (bicyclic) bond motifs is 8. The van der Waals surface area contributed by atoms with Crippen LogP contribution in [0.2, 0.25) is 0 Å². The number of carbonyl (C=O) groups is 2. The number of hydrogen-bond acceptors (Lipinski definition) is 4. The number of aromatic nitrogens is 4. The van der Waals surface area contributed by atoms with E-state index in [9.17, 15) is 19.8 Å². The molecule has 0 radical (unpaired) electrons. The van der Waals surface area contributed by atoms with Gasteiger partial charge in [-0.3, -0.25) is 0 Å². The van der Waals surface area contributed by atoms with Gasteiger partial charge in [0.15, 0.2) is 0 Å². The molecule has 4 N–H and O–H groups in total. The Kier molecular flexibility index (Phi) is 7.90. The van der Waals surface area contributed by atoms with E-state index in [0.29, 0.717) is 0 Å². The van der Waals surface area contributed by atoms with Crippen molar-refractivity contribution in [2.24, 2.45) is 0 Å². The highest BCUT2D eigenvalue weighted by Crippen LogP contribution is 2.38. The summed E-state index contributed by atoms with van der Waals surface area (Å²) in [5.74, 6) is -1.98. The van der Waals surface area contributed by atoms with Crippen LogP contribution in [-0.2, 0) is 0 Å². The van der Waals surface area contributed by atoms with Crippen molar-refractivity contribution < 1.29 is 19.8 Å². The molecule has 8 bridgehead atoms. The van der Waals surface area contributed by atoms with Crippen molar-refractivity contribution in [3.05, 3.63) is 167 Å². The second kappa shape index (κ2) is 13.2. The van der Waals surface area contributed by atoms with E-state index in [1.54, 1.807) is 24.3 Å². The maximum absolute atomic E-state index is 11.8. The van der Waals surface area contributed by atoms with Gasteiger partial charge in [-0.2, -0.15) is 0 Å². The molecule has 9 rings (SSSR count). The number of hydrogen-bond donors (Lipinski definition) is 4. The van der Waals surface area contributed by atoms with Gasteiger partial charge in [0.25, 0.3) is 0 Å². The molecule has 0 aliphatic carbocycles.